The third kappa shape index (κ3) is 3.21. The number of hydrogen-bond donors (Lipinski definition) is 2. The largest absolute Gasteiger partial charge is 0.364 e. The van der Waals surface area contributed by atoms with Gasteiger partial charge in [0.25, 0.3) is 5.91 Å². The first-order valence-corrected chi connectivity index (χ1v) is 7.10. The monoisotopic (exact) mass is 360 g/mol. The number of carbonyl (C=O) groups excluding carboxylic acids is 1. The van der Waals surface area contributed by atoms with Gasteiger partial charge in [0.15, 0.2) is 0 Å². The molecule has 2 unspecified atom stereocenters. The maximum Gasteiger partial charge on any atom is 0.253 e. The van der Waals surface area contributed by atoms with Crippen LogP contribution in [0.3, 0.4) is 0 Å². The molecule has 0 bridgehead atoms. The molecule has 1 amide bonds. The minimum Gasteiger partial charge on any atom is -0.364 e. The van der Waals surface area contributed by atoms with Gasteiger partial charge in [-0.1, -0.05) is 6.07 Å². The molecule has 2 rings (SSSR count). The van der Waals surface area contributed by atoms with Gasteiger partial charge in [-0.2, -0.15) is 0 Å². The molecule has 0 spiro atoms. The van der Waals surface area contributed by atoms with Gasteiger partial charge in [-0.3, -0.25) is 4.79 Å². The van der Waals surface area contributed by atoms with E-state index >= 15 is 0 Å². The number of rotatable bonds is 3. The topological polar surface area (TPSA) is 64.4 Å². The molecule has 98 valence electrons. The summed E-state index contributed by atoms with van der Waals surface area (Å²) in [6.07, 6.45) is 1.27. The highest BCUT2D eigenvalue weighted by molar-refractivity contribution is 14.1. The molecule has 1 aromatic carbocycles. The normalized spacial score (nSPS) is 23.1. The fraction of sp³-hybridized carbons (Fsp3) is 0.462. The molecule has 0 radical (unpaired) electrons. The third-order valence-electron chi connectivity index (χ3n) is 3.10. The van der Waals surface area contributed by atoms with Gasteiger partial charge in [-0.25, -0.2) is 0 Å². The first-order chi connectivity index (χ1) is 8.60. The Morgan fingerprint density at radius 3 is 2.94 bits per heavy atom. The Labute approximate surface area is 120 Å². The van der Waals surface area contributed by atoms with Crippen LogP contribution in [-0.2, 0) is 9.53 Å². The van der Waals surface area contributed by atoms with Crippen LogP contribution in [0.5, 0.6) is 0 Å². The van der Waals surface area contributed by atoms with Gasteiger partial charge in [0, 0.05) is 15.8 Å². The zero-order valence-electron chi connectivity index (χ0n) is 10.3. The fourth-order valence-corrected chi connectivity index (χ4v) is 2.48. The highest BCUT2D eigenvalue weighted by Crippen LogP contribution is 2.22. The standard InChI is InChI=1S/C13H17IN2O2/c1-8-2-3-9(6-11(8)14)16-13(17)12-5-4-10(7-15)18-12/h2-3,6,10,12H,4-5,7,15H2,1H3,(H,16,17). The maximum atomic E-state index is 12.0. The number of hydrogen-bond acceptors (Lipinski definition) is 3. The Bertz CT molecular complexity index is 451. The highest BCUT2D eigenvalue weighted by atomic mass is 127. The first kappa shape index (κ1) is 13.8. The number of aryl methyl sites for hydroxylation is 1. The second-order valence-electron chi connectivity index (χ2n) is 4.51. The molecule has 2 atom stereocenters. The molecule has 3 N–H and O–H groups in total. The zero-order valence-corrected chi connectivity index (χ0v) is 12.4. The van der Waals surface area contributed by atoms with Crippen molar-refractivity contribution in [1.82, 2.24) is 0 Å². The van der Waals surface area contributed by atoms with Crippen LogP contribution in [0.2, 0.25) is 0 Å². The van der Waals surface area contributed by atoms with Crippen molar-refractivity contribution in [3.8, 4) is 0 Å². The van der Waals surface area contributed by atoms with E-state index < -0.39 is 0 Å². The highest BCUT2D eigenvalue weighted by Gasteiger charge is 2.29. The quantitative estimate of drug-likeness (QED) is 0.811. The predicted octanol–water partition coefficient (Wildman–Crippen LogP) is 2.04. The van der Waals surface area contributed by atoms with Gasteiger partial charge in [-0.05, 0) is 60.1 Å². The van der Waals surface area contributed by atoms with E-state index in [1.54, 1.807) is 0 Å². The number of amides is 1. The molecule has 1 aliphatic rings. The maximum absolute atomic E-state index is 12.0. The van der Waals surface area contributed by atoms with Crippen LogP contribution >= 0.6 is 22.6 Å². The predicted molar refractivity (Wildman–Crippen MR) is 79.5 cm³/mol. The lowest BCUT2D eigenvalue weighted by Crippen LogP contribution is -2.29. The van der Waals surface area contributed by atoms with Gasteiger partial charge in [0.1, 0.15) is 6.10 Å². The van der Waals surface area contributed by atoms with Crippen LogP contribution in [-0.4, -0.2) is 24.7 Å². The lowest BCUT2D eigenvalue weighted by atomic mass is 10.2. The Kier molecular flexibility index (Phi) is 4.58. The summed E-state index contributed by atoms with van der Waals surface area (Å²) >= 11 is 2.26. The molecule has 1 aliphatic heterocycles. The Hall–Kier alpha value is -0.660. The molecule has 0 saturated carbocycles. The number of anilines is 1. The van der Waals surface area contributed by atoms with Crippen molar-refractivity contribution in [3.05, 3.63) is 27.3 Å². The van der Waals surface area contributed by atoms with Crippen molar-refractivity contribution < 1.29 is 9.53 Å². The van der Waals surface area contributed by atoms with Gasteiger partial charge in [-0.15, -0.1) is 0 Å². The minimum absolute atomic E-state index is 0.0268. The Morgan fingerprint density at radius 1 is 1.56 bits per heavy atom. The summed E-state index contributed by atoms with van der Waals surface area (Å²) in [5, 5.41) is 2.89. The van der Waals surface area contributed by atoms with E-state index in [0.29, 0.717) is 6.54 Å². The molecule has 0 aliphatic carbocycles. The summed E-state index contributed by atoms with van der Waals surface area (Å²) in [7, 11) is 0. The third-order valence-corrected chi connectivity index (χ3v) is 4.26. The van der Waals surface area contributed by atoms with E-state index in [4.69, 9.17) is 10.5 Å². The molecule has 18 heavy (non-hydrogen) atoms. The fourth-order valence-electron chi connectivity index (χ4n) is 1.97. The van der Waals surface area contributed by atoms with E-state index in [-0.39, 0.29) is 18.1 Å². The molecular weight excluding hydrogens is 343 g/mol. The van der Waals surface area contributed by atoms with Gasteiger partial charge in [0.05, 0.1) is 6.10 Å². The summed E-state index contributed by atoms with van der Waals surface area (Å²) in [6, 6.07) is 5.86. The first-order valence-electron chi connectivity index (χ1n) is 6.02. The molecular formula is C13H17IN2O2. The average molecular weight is 360 g/mol. The van der Waals surface area contributed by atoms with Gasteiger partial charge >= 0.3 is 0 Å². The number of nitrogens with one attached hydrogen (secondary N) is 1. The Morgan fingerprint density at radius 2 is 2.33 bits per heavy atom. The molecule has 1 saturated heterocycles. The summed E-state index contributed by atoms with van der Waals surface area (Å²) < 4.78 is 6.70. The summed E-state index contributed by atoms with van der Waals surface area (Å²) in [5.74, 6) is -0.0781. The van der Waals surface area contributed by atoms with Crippen LogP contribution in [0.4, 0.5) is 5.69 Å². The molecule has 1 aromatic rings. The summed E-state index contributed by atoms with van der Waals surface area (Å²) in [4.78, 5) is 12.0. The van der Waals surface area contributed by atoms with E-state index in [1.165, 1.54) is 5.56 Å². The van der Waals surface area contributed by atoms with E-state index in [1.807, 2.05) is 25.1 Å². The number of halogens is 1. The smallest absolute Gasteiger partial charge is 0.253 e. The van der Waals surface area contributed by atoms with Crippen molar-refractivity contribution >= 4 is 34.2 Å². The number of ether oxygens (including phenoxy) is 1. The van der Waals surface area contributed by atoms with Crippen LogP contribution in [0.25, 0.3) is 0 Å². The van der Waals surface area contributed by atoms with Gasteiger partial charge in [0.2, 0.25) is 0 Å². The Balaban J connectivity index is 1.97. The van der Waals surface area contributed by atoms with Crippen molar-refractivity contribution in [2.75, 3.05) is 11.9 Å². The van der Waals surface area contributed by atoms with E-state index in [2.05, 4.69) is 27.9 Å². The molecule has 1 heterocycles. The zero-order chi connectivity index (χ0) is 13.1. The summed E-state index contributed by atoms with van der Waals surface area (Å²) in [6.45, 7) is 2.52. The van der Waals surface area contributed by atoms with Crippen LogP contribution in [0, 0.1) is 10.5 Å². The molecule has 4 nitrogen and oxygen atoms in total. The molecule has 0 aromatic heterocycles. The number of carbonyl (C=O) groups is 1. The molecule has 1 fully saturated rings. The minimum atomic E-state index is -0.363. The second kappa shape index (κ2) is 5.99. The van der Waals surface area contributed by atoms with Crippen molar-refractivity contribution in [2.45, 2.75) is 32.0 Å². The van der Waals surface area contributed by atoms with E-state index in [9.17, 15) is 4.79 Å². The van der Waals surface area contributed by atoms with E-state index in [0.717, 1.165) is 22.1 Å². The average Bonchev–Trinajstić information content (AvgIpc) is 2.82. The second-order valence-corrected chi connectivity index (χ2v) is 5.68. The van der Waals surface area contributed by atoms with Crippen molar-refractivity contribution in [3.63, 3.8) is 0 Å². The van der Waals surface area contributed by atoms with Crippen LogP contribution in [0.1, 0.15) is 18.4 Å². The number of nitrogens with two attached hydrogens (primary N) is 1. The summed E-state index contributed by atoms with van der Waals surface area (Å²) in [5.41, 5.74) is 7.54. The van der Waals surface area contributed by atoms with Crippen molar-refractivity contribution in [1.29, 1.82) is 0 Å². The van der Waals surface area contributed by atoms with Crippen molar-refractivity contribution in [2.24, 2.45) is 5.73 Å². The van der Waals surface area contributed by atoms with Crippen LogP contribution in [0.15, 0.2) is 18.2 Å². The lowest BCUT2D eigenvalue weighted by Gasteiger charge is -2.13. The lowest BCUT2D eigenvalue weighted by molar-refractivity contribution is -0.126. The number of benzene rings is 1. The van der Waals surface area contributed by atoms with Crippen LogP contribution < -0.4 is 11.1 Å². The van der Waals surface area contributed by atoms with Gasteiger partial charge < -0.3 is 15.8 Å². The SMILES string of the molecule is Cc1ccc(NC(=O)C2CCC(CN)O2)cc1I. The molecule has 5 heteroatoms.